The SMILES string of the molecule is CN(C/C=C/C#CC(C)(C)C)C(C#N)c1cccc2ccccc12. The molecule has 0 aliphatic heterocycles. The van der Waals surface area contributed by atoms with E-state index in [1.807, 2.05) is 48.4 Å². The summed E-state index contributed by atoms with van der Waals surface area (Å²) in [4.78, 5) is 2.04. The van der Waals surface area contributed by atoms with Crippen LogP contribution < -0.4 is 0 Å². The van der Waals surface area contributed by atoms with Crippen molar-refractivity contribution in [1.29, 1.82) is 5.26 Å². The zero-order chi connectivity index (χ0) is 17.6. The van der Waals surface area contributed by atoms with Crippen LogP contribution in [0.2, 0.25) is 0 Å². The number of nitrogens with zero attached hydrogens (tertiary/aromatic N) is 2. The third kappa shape index (κ3) is 4.72. The number of hydrogen-bond acceptors (Lipinski definition) is 2. The van der Waals surface area contributed by atoms with Gasteiger partial charge in [0.25, 0.3) is 0 Å². The number of fused-ring (bicyclic) bond motifs is 1. The molecule has 2 aromatic rings. The van der Waals surface area contributed by atoms with Gasteiger partial charge < -0.3 is 0 Å². The molecule has 0 radical (unpaired) electrons. The topological polar surface area (TPSA) is 27.0 Å². The Balaban J connectivity index is 2.17. The average Bonchev–Trinajstić information content (AvgIpc) is 2.54. The molecule has 0 saturated heterocycles. The Morgan fingerprint density at radius 1 is 1.12 bits per heavy atom. The molecule has 0 aromatic heterocycles. The van der Waals surface area contributed by atoms with Crippen LogP contribution in [0.15, 0.2) is 54.6 Å². The van der Waals surface area contributed by atoms with Crippen LogP contribution in [0.4, 0.5) is 0 Å². The second kappa shape index (κ2) is 7.82. The quantitative estimate of drug-likeness (QED) is 0.747. The molecule has 0 fully saturated rings. The first kappa shape index (κ1) is 17.8. The zero-order valence-corrected chi connectivity index (χ0v) is 14.9. The highest BCUT2D eigenvalue weighted by Gasteiger charge is 2.17. The molecule has 0 aliphatic carbocycles. The van der Waals surface area contributed by atoms with Crippen LogP contribution in [0.3, 0.4) is 0 Å². The standard InChI is InChI=1S/C22H24N2/c1-22(2,3)15-8-5-9-16-24(4)21(17-23)20-14-10-12-18-11-6-7-13-19(18)20/h5-7,9-14,21H,16H2,1-4H3/b9-5+. The van der Waals surface area contributed by atoms with E-state index in [0.717, 1.165) is 16.3 Å². The Bertz CT molecular complexity index is 817. The normalized spacial score (nSPS) is 12.8. The second-order valence-electron chi connectivity index (χ2n) is 6.96. The fraction of sp³-hybridized carbons (Fsp3) is 0.318. The minimum Gasteiger partial charge on any atom is -0.284 e. The lowest BCUT2D eigenvalue weighted by atomic mass is 9.98. The number of nitriles is 1. The van der Waals surface area contributed by atoms with Crippen LogP contribution in [-0.4, -0.2) is 18.5 Å². The zero-order valence-electron chi connectivity index (χ0n) is 14.9. The van der Waals surface area contributed by atoms with Crippen molar-refractivity contribution in [2.75, 3.05) is 13.6 Å². The minimum absolute atomic E-state index is 0.00832. The lowest BCUT2D eigenvalue weighted by molar-refractivity contribution is 0.325. The van der Waals surface area contributed by atoms with Crippen molar-refractivity contribution in [2.45, 2.75) is 26.8 Å². The molecule has 2 nitrogen and oxygen atoms in total. The largest absolute Gasteiger partial charge is 0.284 e. The maximum atomic E-state index is 9.67. The maximum Gasteiger partial charge on any atom is 0.124 e. The van der Waals surface area contributed by atoms with E-state index in [1.54, 1.807) is 0 Å². The third-order valence-corrected chi connectivity index (χ3v) is 3.72. The molecule has 2 heteroatoms. The van der Waals surface area contributed by atoms with Crippen molar-refractivity contribution < 1.29 is 0 Å². The Labute approximate surface area is 145 Å². The predicted molar refractivity (Wildman–Crippen MR) is 101 cm³/mol. The number of rotatable bonds is 4. The summed E-state index contributed by atoms with van der Waals surface area (Å²) < 4.78 is 0. The Morgan fingerprint density at radius 3 is 2.54 bits per heavy atom. The van der Waals surface area contributed by atoms with E-state index in [-0.39, 0.29) is 11.5 Å². The van der Waals surface area contributed by atoms with Crippen molar-refractivity contribution >= 4 is 10.8 Å². The van der Waals surface area contributed by atoms with Crippen molar-refractivity contribution in [3.8, 4) is 17.9 Å². The van der Waals surface area contributed by atoms with Crippen LogP contribution in [0.5, 0.6) is 0 Å². The van der Waals surface area contributed by atoms with Gasteiger partial charge in [-0.05, 0) is 50.2 Å². The lowest BCUT2D eigenvalue weighted by Crippen LogP contribution is -2.23. The molecule has 0 saturated carbocycles. The first-order valence-corrected chi connectivity index (χ1v) is 8.17. The van der Waals surface area contributed by atoms with Gasteiger partial charge in [0.05, 0.1) is 6.07 Å². The molecule has 1 atom stereocenters. The van der Waals surface area contributed by atoms with Gasteiger partial charge in [0.15, 0.2) is 0 Å². The van der Waals surface area contributed by atoms with Crippen molar-refractivity contribution in [3.63, 3.8) is 0 Å². The summed E-state index contributed by atoms with van der Waals surface area (Å²) in [5, 5.41) is 12.0. The molecule has 0 heterocycles. The highest BCUT2D eigenvalue weighted by atomic mass is 15.1. The van der Waals surface area contributed by atoms with E-state index < -0.39 is 0 Å². The van der Waals surface area contributed by atoms with Crippen LogP contribution in [-0.2, 0) is 0 Å². The van der Waals surface area contributed by atoms with Gasteiger partial charge in [-0.25, -0.2) is 0 Å². The van der Waals surface area contributed by atoms with Gasteiger partial charge in [0.1, 0.15) is 6.04 Å². The Morgan fingerprint density at radius 2 is 1.83 bits per heavy atom. The van der Waals surface area contributed by atoms with Crippen LogP contribution in [0.25, 0.3) is 10.8 Å². The van der Waals surface area contributed by atoms with E-state index in [1.165, 1.54) is 0 Å². The molecular formula is C22H24N2. The van der Waals surface area contributed by atoms with Crippen LogP contribution in [0.1, 0.15) is 32.4 Å². The lowest BCUT2D eigenvalue weighted by Gasteiger charge is -2.22. The first-order chi connectivity index (χ1) is 11.4. The summed E-state index contributed by atoms with van der Waals surface area (Å²) in [6.45, 7) is 6.95. The molecule has 0 N–H and O–H groups in total. The van der Waals surface area contributed by atoms with Gasteiger partial charge in [-0.15, -0.1) is 0 Å². The van der Waals surface area contributed by atoms with E-state index in [2.05, 4.69) is 56.9 Å². The summed E-state index contributed by atoms with van der Waals surface area (Å²) in [5.41, 5.74) is 1.06. The van der Waals surface area contributed by atoms with Gasteiger partial charge in [-0.2, -0.15) is 5.26 Å². The van der Waals surface area contributed by atoms with Crippen LogP contribution >= 0.6 is 0 Å². The van der Waals surface area contributed by atoms with Crippen molar-refractivity contribution in [1.82, 2.24) is 4.90 Å². The number of likely N-dealkylation sites (N-methyl/N-ethyl adjacent to an activating group) is 1. The highest BCUT2D eigenvalue weighted by Crippen LogP contribution is 2.27. The van der Waals surface area contributed by atoms with Crippen molar-refractivity contribution in [2.24, 2.45) is 5.41 Å². The Hall–Kier alpha value is -2.55. The summed E-state index contributed by atoms with van der Waals surface area (Å²) in [7, 11) is 1.97. The molecule has 0 spiro atoms. The van der Waals surface area contributed by atoms with Crippen molar-refractivity contribution in [3.05, 3.63) is 60.2 Å². The summed E-state index contributed by atoms with van der Waals surface area (Å²) in [6.07, 6.45) is 3.88. The molecular weight excluding hydrogens is 292 g/mol. The van der Waals surface area contributed by atoms with E-state index in [0.29, 0.717) is 6.54 Å². The molecule has 1 unspecified atom stereocenters. The minimum atomic E-state index is -0.281. The first-order valence-electron chi connectivity index (χ1n) is 8.17. The Kier molecular flexibility index (Phi) is 5.80. The number of hydrogen-bond donors (Lipinski definition) is 0. The van der Waals surface area contributed by atoms with Crippen LogP contribution in [0, 0.1) is 28.6 Å². The second-order valence-corrected chi connectivity index (χ2v) is 6.96. The molecule has 24 heavy (non-hydrogen) atoms. The van der Waals surface area contributed by atoms with Gasteiger partial charge in [0.2, 0.25) is 0 Å². The third-order valence-electron chi connectivity index (χ3n) is 3.72. The molecule has 2 aromatic carbocycles. The van der Waals surface area contributed by atoms with E-state index in [9.17, 15) is 5.26 Å². The molecule has 0 bridgehead atoms. The average molecular weight is 316 g/mol. The van der Waals surface area contributed by atoms with E-state index in [4.69, 9.17) is 0 Å². The monoisotopic (exact) mass is 316 g/mol. The summed E-state index contributed by atoms with van der Waals surface area (Å²) in [5.74, 6) is 6.24. The fourth-order valence-electron chi connectivity index (χ4n) is 2.54. The summed E-state index contributed by atoms with van der Waals surface area (Å²) in [6, 6.07) is 16.5. The molecule has 122 valence electrons. The number of benzene rings is 2. The van der Waals surface area contributed by atoms with Gasteiger partial charge in [-0.3, -0.25) is 4.90 Å². The molecule has 0 amide bonds. The highest BCUT2D eigenvalue weighted by molar-refractivity contribution is 5.86. The maximum absolute atomic E-state index is 9.67. The molecule has 2 rings (SSSR count). The summed E-state index contributed by atoms with van der Waals surface area (Å²) >= 11 is 0. The van der Waals surface area contributed by atoms with Gasteiger partial charge in [0, 0.05) is 12.0 Å². The van der Waals surface area contributed by atoms with Gasteiger partial charge in [-0.1, -0.05) is 60.4 Å². The van der Waals surface area contributed by atoms with Gasteiger partial charge >= 0.3 is 0 Å². The van der Waals surface area contributed by atoms with E-state index >= 15 is 0 Å². The predicted octanol–water partition coefficient (Wildman–Crippen LogP) is 4.94. The fourth-order valence-corrected chi connectivity index (χ4v) is 2.54. The molecule has 0 aliphatic rings. The number of allylic oxidation sites excluding steroid dienone is 1. The smallest absolute Gasteiger partial charge is 0.124 e.